The molecule has 0 aliphatic rings. The normalized spacial score (nSPS) is 10.6. The van der Waals surface area contributed by atoms with Crippen LogP contribution in [0, 0.1) is 29.9 Å². The Morgan fingerprint density at radius 3 is 2.73 bits per heavy atom. The Bertz CT molecular complexity index is 1000. The summed E-state index contributed by atoms with van der Waals surface area (Å²) in [6, 6.07) is 8.06. The van der Waals surface area contributed by atoms with E-state index in [0.29, 0.717) is 17.5 Å². The van der Waals surface area contributed by atoms with E-state index in [1.807, 2.05) is 6.07 Å². The SMILES string of the molecule is Cc1ccc(C#N)nc1-c1cc(=O)c2c(F)cc(F)cc2[nH]1. The topological polar surface area (TPSA) is 69.5 Å². The first-order chi connectivity index (χ1) is 10.5. The third-order valence-electron chi connectivity index (χ3n) is 3.31. The average molecular weight is 297 g/mol. The number of rotatable bonds is 1. The third-order valence-corrected chi connectivity index (χ3v) is 3.31. The van der Waals surface area contributed by atoms with Gasteiger partial charge in [-0.25, -0.2) is 13.8 Å². The maximum absolute atomic E-state index is 13.7. The van der Waals surface area contributed by atoms with Crippen LogP contribution in [0.1, 0.15) is 11.3 Å². The van der Waals surface area contributed by atoms with E-state index in [2.05, 4.69) is 9.97 Å². The number of nitrogens with zero attached hydrogens (tertiary/aromatic N) is 2. The van der Waals surface area contributed by atoms with Crippen molar-refractivity contribution in [2.45, 2.75) is 6.92 Å². The van der Waals surface area contributed by atoms with Crippen LogP contribution in [0.15, 0.2) is 35.1 Å². The molecule has 0 spiro atoms. The van der Waals surface area contributed by atoms with Crippen molar-refractivity contribution < 1.29 is 8.78 Å². The molecule has 108 valence electrons. The van der Waals surface area contributed by atoms with E-state index in [1.54, 1.807) is 19.1 Å². The number of aromatic nitrogens is 2. The first-order valence-electron chi connectivity index (χ1n) is 6.40. The molecule has 0 bridgehead atoms. The Morgan fingerprint density at radius 1 is 1.23 bits per heavy atom. The molecule has 0 unspecified atom stereocenters. The molecule has 1 N–H and O–H groups in total. The van der Waals surface area contributed by atoms with E-state index in [1.165, 1.54) is 6.07 Å². The van der Waals surface area contributed by atoms with Gasteiger partial charge in [-0.1, -0.05) is 6.07 Å². The van der Waals surface area contributed by atoms with Crippen LogP contribution in [0.3, 0.4) is 0 Å². The minimum atomic E-state index is -0.918. The highest BCUT2D eigenvalue weighted by Gasteiger charge is 2.13. The Kier molecular flexibility index (Phi) is 3.18. The Morgan fingerprint density at radius 2 is 2.00 bits per heavy atom. The van der Waals surface area contributed by atoms with Crippen molar-refractivity contribution in [3.63, 3.8) is 0 Å². The van der Waals surface area contributed by atoms with Crippen molar-refractivity contribution >= 4 is 10.9 Å². The van der Waals surface area contributed by atoms with E-state index < -0.39 is 17.1 Å². The van der Waals surface area contributed by atoms with Crippen molar-refractivity contribution in [1.82, 2.24) is 9.97 Å². The van der Waals surface area contributed by atoms with Crippen LogP contribution in [0.25, 0.3) is 22.3 Å². The monoisotopic (exact) mass is 297 g/mol. The van der Waals surface area contributed by atoms with Crippen molar-refractivity contribution in [2.24, 2.45) is 0 Å². The quantitative estimate of drug-likeness (QED) is 0.750. The van der Waals surface area contributed by atoms with Crippen LogP contribution in [0.5, 0.6) is 0 Å². The van der Waals surface area contributed by atoms with E-state index in [9.17, 15) is 13.6 Å². The zero-order chi connectivity index (χ0) is 15.9. The summed E-state index contributed by atoms with van der Waals surface area (Å²) < 4.78 is 27.1. The van der Waals surface area contributed by atoms with E-state index in [0.717, 1.165) is 11.6 Å². The van der Waals surface area contributed by atoms with Crippen LogP contribution >= 0.6 is 0 Å². The summed E-state index contributed by atoms with van der Waals surface area (Å²) in [5, 5.41) is 8.71. The number of aryl methyl sites for hydroxylation is 1. The van der Waals surface area contributed by atoms with Gasteiger partial charge in [0.15, 0.2) is 5.43 Å². The molecule has 6 heteroatoms. The standard InChI is InChI=1S/C16H9F2N3O/c1-8-2-3-10(7-19)20-16(8)13-6-14(22)15-11(18)4-9(17)5-12(15)21-13/h2-6H,1H3,(H,21,22). The Balaban J connectivity index is 2.34. The summed E-state index contributed by atoms with van der Waals surface area (Å²) in [6.45, 7) is 1.76. The molecule has 0 saturated heterocycles. The summed E-state index contributed by atoms with van der Waals surface area (Å²) in [4.78, 5) is 19.0. The predicted molar refractivity (Wildman–Crippen MR) is 77.2 cm³/mol. The third kappa shape index (κ3) is 2.23. The smallest absolute Gasteiger partial charge is 0.193 e. The average Bonchev–Trinajstić information content (AvgIpc) is 2.46. The zero-order valence-electron chi connectivity index (χ0n) is 11.4. The number of hydrogen-bond acceptors (Lipinski definition) is 3. The molecular formula is C16H9F2N3O. The molecule has 2 heterocycles. The van der Waals surface area contributed by atoms with Crippen LogP contribution in [0.2, 0.25) is 0 Å². The second-order valence-corrected chi connectivity index (χ2v) is 4.83. The molecule has 22 heavy (non-hydrogen) atoms. The summed E-state index contributed by atoms with van der Waals surface area (Å²) in [5.41, 5.74) is 1.08. The summed E-state index contributed by atoms with van der Waals surface area (Å²) in [7, 11) is 0. The summed E-state index contributed by atoms with van der Waals surface area (Å²) in [5.74, 6) is -1.70. The number of nitrogens with one attached hydrogen (secondary N) is 1. The number of fused-ring (bicyclic) bond motifs is 1. The highest BCUT2D eigenvalue weighted by atomic mass is 19.1. The van der Waals surface area contributed by atoms with Crippen molar-refractivity contribution in [1.29, 1.82) is 5.26 Å². The van der Waals surface area contributed by atoms with Gasteiger partial charge in [0, 0.05) is 12.1 Å². The minimum Gasteiger partial charge on any atom is -0.353 e. The molecule has 1 aromatic carbocycles. The molecule has 0 saturated carbocycles. The van der Waals surface area contributed by atoms with Gasteiger partial charge >= 0.3 is 0 Å². The molecule has 0 amide bonds. The maximum atomic E-state index is 13.7. The number of halogens is 2. The highest BCUT2D eigenvalue weighted by molar-refractivity contribution is 5.82. The van der Waals surface area contributed by atoms with E-state index in [4.69, 9.17) is 5.26 Å². The molecular weight excluding hydrogens is 288 g/mol. The fourth-order valence-electron chi connectivity index (χ4n) is 2.30. The molecule has 4 nitrogen and oxygen atoms in total. The molecule has 0 aliphatic heterocycles. The Labute approximate surface area is 123 Å². The van der Waals surface area contributed by atoms with E-state index >= 15 is 0 Å². The predicted octanol–water partition coefficient (Wildman–Crippen LogP) is 3.05. The van der Waals surface area contributed by atoms with Crippen LogP contribution in [-0.2, 0) is 0 Å². The van der Waals surface area contributed by atoms with Gasteiger partial charge in [-0.15, -0.1) is 0 Å². The fraction of sp³-hybridized carbons (Fsp3) is 0.0625. The number of pyridine rings is 2. The second kappa shape index (κ2) is 5.04. The molecule has 0 fully saturated rings. The van der Waals surface area contributed by atoms with Crippen molar-refractivity contribution in [3.05, 3.63) is 63.4 Å². The number of nitriles is 1. The summed E-state index contributed by atoms with van der Waals surface area (Å²) in [6.07, 6.45) is 0. The molecule has 0 aliphatic carbocycles. The lowest BCUT2D eigenvalue weighted by atomic mass is 10.1. The van der Waals surface area contributed by atoms with Gasteiger partial charge in [0.05, 0.1) is 22.3 Å². The lowest BCUT2D eigenvalue weighted by Crippen LogP contribution is -2.07. The summed E-state index contributed by atoms with van der Waals surface area (Å²) >= 11 is 0. The van der Waals surface area contributed by atoms with E-state index in [-0.39, 0.29) is 16.6 Å². The van der Waals surface area contributed by atoms with Crippen molar-refractivity contribution in [2.75, 3.05) is 0 Å². The lowest BCUT2D eigenvalue weighted by Gasteiger charge is -2.08. The molecule has 2 aromatic heterocycles. The largest absolute Gasteiger partial charge is 0.353 e. The molecule has 0 radical (unpaired) electrons. The van der Waals surface area contributed by atoms with Crippen LogP contribution in [0.4, 0.5) is 8.78 Å². The molecule has 0 atom stereocenters. The van der Waals surface area contributed by atoms with Gasteiger partial charge < -0.3 is 4.98 Å². The first kappa shape index (κ1) is 13.9. The minimum absolute atomic E-state index is 0.0450. The fourth-order valence-corrected chi connectivity index (χ4v) is 2.30. The first-order valence-corrected chi connectivity index (χ1v) is 6.40. The van der Waals surface area contributed by atoms with Gasteiger partial charge in [0.25, 0.3) is 0 Å². The number of benzene rings is 1. The highest BCUT2D eigenvalue weighted by Crippen LogP contribution is 2.22. The Hall–Kier alpha value is -3.07. The van der Waals surface area contributed by atoms with Gasteiger partial charge in [-0.3, -0.25) is 4.79 Å². The van der Waals surface area contributed by atoms with Crippen molar-refractivity contribution in [3.8, 4) is 17.5 Å². The maximum Gasteiger partial charge on any atom is 0.193 e. The zero-order valence-corrected chi connectivity index (χ0v) is 11.4. The lowest BCUT2D eigenvalue weighted by molar-refractivity contribution is 0.591. The number of aromatic amines is 1. The van der Waals surface area contributed by atoms with Gasteiger partial charge in [-0.2, -0.15) is 5.26 Å². The number of hydrogen-bond donors (Lipinski definition) is 1. The van der Waals surface area contributed by atoms with Gasteiger partial charge in [-0.05, 0) is 24.6 Å². The number of H-pyrrole nitrogens is 1. The van der Waals surface area contributed by atoms with Crippen LogP contribution < -0.4 is 5.43 Å². The van der Waals surface area contributed by atoms with Gasteiger partial charge in [0.1, 0.15) is 23.4 Å². The van der Waals surface area contributed by atoms with Gasteiger partial charge in [0.2, 0.25) is 0 Å². The molecule has 3 aromatic rings. The second-order valence-electron chi connectivity index (χ2n) is 4.83. The van der Waals surface area contributed by atoms with Crippen LogP contribution in [-0.4, -0.2) is 9.97 Å². The molecule has 3 rings (SSSR count).